The van der Waals surface area contributed by atoms with Gasteiger partial charge in [0.25, 0.3) is 0 Å². The fraction of sp³-hybridized carbons (Fsp3) is 0. The van der Waals surface area contributed by atoms with Crippen LogP contribution in [0.1, 0.15) is 0 Å². The molecule has 58 heavy (non-hydrogen) atoms. The third kappa shape index (κ3) is 4.95. The van der Waals surface area contributed by atoms with E-state index in [1.807, 2.05) is 0 Å². The van der Waals surface area contributed by atoms with Crippen LogP contribution < -0.4 is 0 Å². The van der Waals surface area contributed by atoms with E-state index in [2.05, 4.69) is 215 Å². The summed E-state index contributed by atoms with van der Waals surface area (Å²) in [7, 11) is 0. The minimum Gasteiger partial charge on any atom is -0.309 e. The highest BCUT2D eigenvalue weighted by atomic mass is 15.2. The predicted octanol–water partition coefficient (Wildman–Crippen LogP) is 14.0. The van der Waals surface area contributed by atoms with Gasteiger partial charge in [0, 0.05) is 38.2 Å². The van der Waals surface area contributed by atoms with Crippen molar-refractivity contribution in [2.24, 2.45) is 0 Å². The first-order chi connectivity index (χ1) is 28.8. The van der Waals surface area contributed by atoms with Gasteiger partial charge < -0.3 is 4.57 Å². The lowest BCUT2D eigenvalue weighted by atomic mass is 10.0. The van der Waals surface area contributed by atoms with Gasteiger partial charge in [-0.05, 0) is 75.5 Å². The van der Waals surface area contributed by atoms with E-state index in [0.717, 1.165) is 44.4 Å². The molecule has 0 radical (unpaired) electrons. The molecule has 0 amide bonds. The Labute approximate surface area is 334 Å². The van der Waals surface area contributed by atoms with Crippen molar-refractivity contribution in [3.8, 4) is 45.1 Å². The van der Waals surface area contributed by atoms with Crippen molar-refractivity contribution in [3.63, 3.8) is 0 Å². The fourth-order valence-electron chi connectivity index (χ4n) is 9.09. The number of rotatable bonds is 5. The minimum absolute atomic E-state index is 0.650. The first-order valence-electron chi connectivity index (χ1n) is 19.8. The molecule has 12 aromatic rings. The Bertz CT molecular complexity index is 3530. The smallest absolute Gasteiger partial charge is 0.235 e. The molecule has 0 aliphatic carbocycles. The zero-order valence-electron chi connectivity index (χ0n) is 31.4. The van der Waals surface area contributed by atoms with Crippen molar-refractivity contribution in [1.29, 1.82) is 0 Å². The quantitative estimate of drug-likeness (QED) is 0.176. The number of nitrogens with zero attached hydrogens (tertiary/aromatic N) is 4. The minimum atomic E-state index is 0.650. The molecule has 270 valence electrons. The van der Waals surface area contributed by atoms with Gasteiger partial charge in [0.15, 0.2) is 0 Å². The van der Waals surface area contributed by atoms with E-state index in [-0.39, 0.29) is 0 Å². The van der Waals surface area contributed by atoms with Crippen LogP contribution in [0.2, 0.25) is 0 Å². The van der Waals surface area contributed by atoms with Gasteiger partial charge in [0.1, 0.15) is 0 Å². The second-order valence-electron chi connectivity index (χ2n) is 15.0. The molecule has 3 aromatic heterocycles. The van der Waals surface area contributed by atoms with Crippen LogP contribution in [0.5, 0.6) is 0 Å². The van der Waals surface area contributed by atoms with Crippen molar-refractivity contribution in [2.75, 3.05) is 0 Å². The Morgan fingerprint density at radius 2 is 0.793 bits per heavy atom. The molecule has 0 atom stereocenters. The van der Waals surface area contributed by atoms with Crippen molar-refractivity contribution in [1.82, 2.24) is 19.1 Å². The molecule has 9 aromatic carbocycles. The maximum atomic E-state index is 5.44. The molecular formula is C54H34N4. The zero-order chi connectivity index (χ0) is 38.2. The molecule has 4 heteroatoms. The van der Waals surface area contributed by atoms with E-state index in [4.69, 9.17) is 9.97 Å². The summed E-state index contributed by atoms with van der Waals surface area (Å²) >= 11 is 0. The second-order valence-corrected chi connectivity index (χ2v) is 15.0. The fourth-order valence-corrected chi connectivity index (χ4v) is 9.09. The molecule has 0 aliphatic rings. The molecule has 0 N–H and O–H groups in total. The van der Waals surface area contributed by atoms with Gasteiger partial charge in [0.2, 0.25) is 5.95 Å². The van der Waals surface area contributed by atoms with Crippen LogP contribution in [0.25, 0.3) is 110 Å². The number of para-hydroxylation sites is 2. The number of fused-ring (bicyclic) bond motifs is 10. The van der Waals surface area contributed by atoms with Crippen LogP contribution in [-0.4, -0.2) is 19.1 Å². The molecule has 0 spiro atoms. The third-order valence-corrected chi connectivity index (χ3v) is 11.7. The van der Waals surface area contributed by atoms with Crippen LogP contribution in [-0.2, 0) is 0 Å². The number of hydrogen-bond donors (Lipinski definition) is 0. The highest BCUT2D eigenvalue weighted by Gasteiger charge is 2.23. The summed E-state index contributed by atoms with van der Waals surface area (Å²) in [6, 6.07) is 73.7. The van der Waals surface area contributed by atoms with E-state index >= 15 is 0 Å². The maximum Gasteiger partial charge on any atom is 0.235 e. The topological polar surface area (TPSA) is 35.6 Å². The summed E-state index contributed by atoms with van der Waals surface area (Å²) in [5.41, 5.74) is 13.2. The van der Waals surface area contributed by atoms with E-state index in [0.29, 0.717) is 5.95 Å². The molecule has 0 saturated carbocycles. The van der Waals surface area contributed by atoms with Crippen LogP contribution in [0.3, 0.4) is 0 Å². The van der Waals surface area contributed by atoms with Crippen molar-refractivity contribution < 1.29 is 0 Å². The van der Waals surface area contributed by atoms with E-state index in [9.17, 15) is 0 Å². The standard InChI is InChI=1S/C54H34N4/c1-3-13-35(14-4-1)37-23-25-40(26-24-37)53-43-19-9-11-21-45(43)55-54(56-53)58-46-22-12-10-20-44(46)51-48(58)33-34-49-52(51)50-42-18-8-7-17-39(42)29-32-47(50)57(49)41-30-27-38(28-31-41)36-15-5-2-6-16-36/h1-34H. The highest BCUT2D eigenvalue weighted by molar-refractivity contribution is 6.33. The largest absolute Gasteiger partial charge is 0.309 e. The molecule has 3 heterocycles. The summed E-state index contributed by atoms with van der Waals surface area (Å²) < 4.78 is 4.70. The zero-order valence-corrected chi connectivity index (χ0v) is 31.4. The maximum absolute atomic E-state index is 5.44. The molecule has 0 bridgehead atoms. The SMILES string of the molecule is c1ccc(-c2ccc(-c3nc(-n4c5ccccc5c5c6c7c8ccccc8ccc7n(-c7ccc(-c8ccccc8)cc7)c6ccc54)nc4ccccc34)cc2)cc1. The van der Waals surface area contributed by atoms with Crippen LogP contribution in [0, 0.1) is 0 Å². The lowest BCUT2D eigenvalue weighted by molar-refractivity contribution is 1.01. The Kier molecular flexibility index (Phi) is 7.20. The summed E-state index contributed by atoms with van der Waals surface area (Å²) in [6.07, 6.45) is 0. The van der Waals surface area contributed by atoms with Crippen molar-refractivity contribution in [2.45, 2.75) is 0 Å². The lowest BCUT2D eigenvalue weighted by Gasteiger charge is -2.12. The molecular weight excluding hydrogens is 705 g/mol. The van der Waals surface area contributed by atoms with E-state index < -0.39 is 0 Å². The Morgan fingerprint density at radius 3 is 1.52 bits per heavy atom. The van der Waals surface area contributed by atoms with Crippen LogP contribution >= 0.6 is 0 Å². The average molecular weight is 739 g/mol. The van der Waals surface area contributed by atoms with Gasteiger partial charge in [-0.25, -0.2) is 9.97 Å². The van der Waals surface area contributed by atoms with Gasteiger partial charge in [-0.3, -0.25) is 4.57 Å². The Hall–Kier alpha value is -7.82. The van der Waals surface area contributed by atoms with Gasteiger partial charge in [-0.15, -0.1) is 0 Å². The van der Waals surface area contributed by atoms with Gasteiger partial charge in [-0.2, -0.15) is 0 Å². The Morgan fingerprint density at radius 1 is 0.293 bits per heavy atom. The summed E-state index contributed by atoms with van der Waals surface area (Å²) in [4.78, 5) is 10.7. The second kappa shape index (κ2) is 12.9. The lowest BCUT2D eigenvalue weighted by Crippen LogP contribution is -2.03. The predicted molar refractivity (Wildman–Crippen MR) is 242 cm³/mol. The van der Waals surface area contributed by atoms with Gasteiger partial charge >= 0.3 is 0 Å². The van der Waals surface area contributed by atoms with Gasteiger partial charge in [0.05, 0.1) is 33.3 Å². The first kappa shape index (κ1) is 32.4. The Balaban J connectivity index is 1.13. The third-order valence-electron chi connectivity index (χ3n) is 11.7. The normalized spacial score (nSPS) is 11.8. The van der Waals surface area contributed by atoms with E-state index in [1.165, 1.54) is 60.1 Å². The number of benzene rings is 9. The number of hydrogen-bond acceptors (Lipinski definition) is 2. The summed E-state index contributed by atoms with van der Waals surface area (Å²) in [5.74, 6) is 0.650. The highest BCUT2D eigenvalue weighted by Crippen LogP contribution is 2.44. The molecule has 0 aliphatic heterocycles. The van der Waals surface area contributed by atoms with E-state index in [1.54, 1.807) is 0 Å². The van der Waals surface area contributed by atoms with Crippen LogP contribution in [0.15, 0.2) is 206 Å². The summed E-state index contributed by atoms with van der Waals surface area (Å²) in [5, 5.41) is 8.30. The number of aromatic nitrogens is 4. The molecule has 4 nitrogen and oxygen atoms in total. The molecule has 0 saturated heterocycles. The first-order valence-corrected chi connectivity index (χ1v) is 19.8. The van der Waals surface area contributed by atoms with Crippen molar-refractivity contribution >= 4 is 65.3 Å². The molecule has 0 unspecified atom stereocenters. The molecule has 12 rings (SSSR count). The average Bonchev–Trinajstić information content (AvgIpc) is 3.82. The monoisotopic (exact) mass is 738 g/mol. The van der Waals surface area contributed by atoms with Gasteiger partial charge in [-0.1, -0.05) is 164 Å². The summed E-state index contributed by atoms with van der Waals surface area (Å²) in [6.45, 7) is 0. The van der Waals surface area contributed by atoms with Crippen molar-refractivity contribution in [3.05, 3.63) is 206 Å². The van der Waals surface area contributed by atoms with Crippen LogP contribution in [0.4, 0.5) is 0 Å². The molecule has 0 fully saturated rings.